The van der Waals surface area contributed by atoms with Gasteiger partial charge >= 0.3 is 0 Å². The third-order valence-electron chi connectivity index (χ3n) is 5.75. The third kappa shape index (κ3) is 4.25. The summed E-state index contributed by atoms with van der Waals surface area (Å²) in [5.74, 6) is 1.50. The first kappa shape index (κ1) is 22.4. The summed E-state index contributed by atoms with van der Waals surface area (Å²) in [5, 5.41) is 1.60. The van der Waals surface area contributed by atoms with Crippen LogP contribution in [0.4, 0.5) is 4.39 Å². The Balaban J connectivity index is 1.27. The van der Waals surface area contributed by atoms with Crippen molar-refractivity contribution in [3.8, 4) is 34.2 Å². The highest BCUT2D eigenvalue weighted by Gasteiger charge is 2.25. The number of benzene rings is 2. The Labute approximate surface area is 210 Å². The molecule has 1 aliphatic rings. The summed E-state index contributed by atoms with van der Waals surface area (Å²) in [6, 6.07) is 16.4. The Bertz CT molecular complexity index is 1530. The Morgan fingerprint density at radius 1 is 1.11 bits per heavy atom. The Kier molecular flexibility index (Phi) is 5.74. The zero-order chi connectivity index (χ0) is 24.6. The van der Waals surface area contributed by atoms with Crippen LogP contribution >= 0.6 is 11.8 Å². The number of hydrogen-bond acceptors (Lipinski definition) is 8. The van der Waals surface area contributed by atoms with E-state index in [9.17, 15) is 4.39 Å². The Morgan fingerprint density at radius 2 is 2.03 bits per heavy atom. The normalized spacial score (nSPS) is 14.6. The lowest BCUT2D eigenvalue weighted by molar-refractivity contribution is 0.187. The average molecular weight is 505 g/mol. The molecule has 2 aromatic carbocycles. The van der Waals surface area contributed by atoms with Crippen molar-refractivity contribution in [1.82, 2.24) is 14.6 Å². The van der Waals surface area contributed by atoms with Crippen molar-refractivity contribution in [2.24, 2.45) is 0 Å². The van der Waals surface area contributed by atoms with Gasteiger partial charge in [0.15, 0.2) is 16.5 Å². The fraction of sp³-hybridized carbons (Fsp3) is 0.154. The smallest absolute Gasteiger partial charge is 0.196 e. The van der Waals surface area contributed by atoms with Crippen LogP contribution in [0.5, 0.6) is 11.5 Å². The number of aromatic nitrogens is 3. The predicted octanol–water partition coefficient (Wildman–Crippen LogP) is 5.66. The molecule has 182 valence electrons. The molecular weight excluding hydrogens is 483 g/mol. The highest BCUT2D eigenvalue weighted by atomic mass is 32.2. The first-order valence-corrected chi connectivity index (χ1v) is 12.0. The lowest BCUT2D eigenvalue weighted by atomic mass is 10.1. The van der Waals surface area contributed by atoms with Crippen LogP contribution in [-0.4, -0.2) is 34.4 Å². The van der Waals surface area contributed by atoms with Gasteiger partial charge < -0.3 is 18.6 Å². The molecule has 4 heterocycles. The molecule has 3 aromatic heterocycles. The van der Waals surface area contributed by atoms with E-state index in [0.717, 1.165) is 21.7 Å². The van der Waals surface area contributed by atoms with Gasteiger partial charge in [0.1, 0.15) is 35.2 Å². The van der Waals surface area contributed by atoms with E-state index < -0.39 is 0 Å². The summed E-state index contributed by atoms with van der Waals surface area (Å²) < 4.78 is 38.2. The number of nitrogens with zero attached hydrogens (tertiary/aromatic N) is 3. The number of ether oxygens (including phenoxy) is 3. The van der Waals surface area contributed by atoms with Crippen LogP contribution < -0.4 is 14.9 Å². The molecule has 0 radical (unpaired) electrons. The SMILES string of the molecule is COc1cc(OCc2cccc(-c3ccc(F)cn3)c2)c2cc(-c3cn4c(n3)SC(OC)N4)oc2c1. The van der Waals surface area contributed by atoms with Crippen LogP contribution in [0.15, 0.2) is 76.6 Å². The fourth-order valence-corrected chi connectivity index (χ4v) is 4.79. The molecule has 5 aromatic rings. The van der Waals surface area contributed by atoms with Crippen molar-refractivity contribution in [3.63, 3.8) is 0 Å². The maximum absolute atomic E-state index is 13.2. The summed E-state index contributed by atoms with van der Waals surface area (Å²) in [6.07, 6.45) is 3.08. The van der Waals surface area contributed by atoms with Gasteiger partial charge in [-0.25, -0.2) is 14.1 Å². The van der Waals surface area contributed by atoms with Gasteiger partial charge in [0.05, 0.1) is 30.6 Å². The van der Waals surface area contributed by atoms with E-state index in [2.05, 4.69) is 15.4 Å². The van der Waals surface area contributed by atoms with Gasteiger partial charge in [0.25, 0.3) is 0 Å². The maximum Gasteiger partial charge on any atom is 0.196 e. The third-order valence-corrected chi connectivity index (χ3v) is 6.76. The van der Waals surface area contributed by atoms with Gasteiger partial charge in [-0.2, -0.15) is 0 Å². The maximum atomic E-state index is 13.2. The van der Waals surface area contributed by atoms with Gasteiger partial charge in [-0.1, -0.05) is 18.2 Å². The van der Waals surface area contributed by atoms with Crippen LogP contribution in [0.3, 0.4) is 0 Å². The lowest BCUT2D eigenvalue weighted by Crippen LogP contribution is -2.19. The zero-order valence-corrected chi connectivity index (χ0v) is 20.2. The van der Waals surface area contributed by atoms with Crippen molar-refractivity contribution >= 4 is 22.7 Å². The highest BCUT2D eigenvalue weighted by Crippen LogP contribution is 2.38. The largest absolute Gasteiger partial charge is 0.496 e. The van der Waals surface area contributed by atoms with Crippen LogP contribution in [0.25, 0.3) is 33.7 Å². The molecule has 1 atom stereocenters. The number of fused-ring (bicyclic) bond motifs is 2. The first-order valence-electron chi connectivity index (χ1n) is 11.1. The monoisotopic (exact) mass is 504 g/mol. The molecule has 0 spiro atoms. The second kappa shape index (κ2) is 9.21. The van der Waals surface area contributed by atoms with E-state index in [4.69, 9.17) is 18.6 Å². The fourth-order valence-electron chi connectivity index (χ4n) is 3.97. The van der Waals surface area contributed by atoms with Gasteiger partial charge in [-0.05, 0) is 41.6 Å². The molecule has 0 saturated heterocycles. The number of halogens is 1. The molecule has 10 heteroatoms. The Hall–Kier alpha value is -4.02. The average Bonchev–Trinajstić information content (AvgIpc) is 3.60. The molecule has 0 fully saturated rings. The van der Waals surface area contributed by atoms with Gasteiger partial charge in [0.2, 0.25) is 0 Å². The molecule has 0 bridgehead atoms. The van der Waals surface area contributed by atoms with Crippen LogP contribution in [0.1, 0.15) is 5.56 Å². The lowest BCUT2D eigenvalue weighted by Gasteiger charge is -2.10. The summed E-state index contributed by atoms with van der Waals surface area (Å²) in [5.41, 5.74) is 6.86. The van der Waals surface area contributed by atoms with Crippen molar-refractivity contribution in [1.29, 1.82) is 0 Å². The molecule has 6 rings (SSSR count). The van der Waals surface area contributed by atoms with Gasteiger partial charge in [0, 0.05) is 24.8 Å². The van der Waals surface area contributed by atoms with Crippen LogP contribution in [0, 0.1) is 5.82 Å². The van der Waals surface area contributed by atoms with Crippen molar-refractivity contribution in [3.05, 3.63) is 78.4 Å². The number of methoxy groups -OCH3 is 2. The number of nitrogens with one attached hydrogen (secondary N) is 1. The summed E-state index contributed by atoms with van der Waals surface area (Å²) in [4.78, 5) is 8.82. The highest BCUT2D eigenvalue weighted by molar-refractivity contribution is 7.99. The number of furan rings is 1. The molecule has 8 nitrogen and oxygen atoms in total. The van der Waals surface area contributed by atoms with E-state index in [1.807, 2.05) is 53.3 Å². The predicted molar refractivity (Wildman–Crippen MR) is 134 cm³/mol. The number of rotatable bonds is 7. The van der Waals surface area contributed by atoms with Crippen LogP contribution in [-0.2, 0) is 11.3 Å². The standard InChI is InChI=1S/C26H21FN4O4S/c1-32-18-9-22(34-14-15-4-3-5-16(8-15)20-7-6-17(27)12-28-20)19-11-24(35-23(19)10-18)21-13-31-25(29-21)36-26(30-31)33-2/h3-13,26,30H,14H2,1-2H3. The summed E-state index contributed by atoms with van der Waals surface area (Å²) >= 11 is 1.48. The van der Waals surface area contributed by atoms with Crippen molar-refractivity contribution in [2.45, 2.75) is 17.3 Å². The molecule has 36 heavy (non-hydrogen) atoms. The number of pyridine rings is 1. The van der Waals surface area contributed by atoms with Gasteiger partial charge in [-0.3, -0.25) is 10.4 Å². The number of hydrogen-bond donors (Lipinski definition) is 1. The molecular formula is C26H21FN4O4S. The molecule has 0 amide bonds. The molecule has 1 N–H and O–H groups in total. The van der Waals surface area contributed by atoms with E-state index in [1.165, 1.54) is 24.0 Å². The Morgan fingerprint density at radius 3 is 2.81 bits per heavy atom. The van der Waals surface area contributed by atoms with E-state index in [0.29, 0.717) is 40.8 Å². The summed E-state index contributed by atoms with van der Waals surface area (Å²) in [6.45, 7) is 0.315. The number of thioether (sulfide) groups is 1. The second-order valence-corrected chi connectivity index (χ2v) is 9.12. The van der Waals surface area contributed by atoms with E-state index in [-0.39, 0.29) is 11.4 Å². The second-order valence-electron chi connectivity index (χ2n) is 8.09. The zero-order valence-electron chi connectivity index (χ0n) is 19.4. The van der Waals surface area contributed by atoms with Crippen molar-refractivity contribution < 1.29 is 23.0 Å². The van der Waals surface area contributed by atoms with Gasteiger partial charge in [-0.15, -0.1) is 0 Å². The van der Waals surface area contributed by atoms with Crippen molar-refractivity contribution in [2.75, 3.05) is 19.6 Å². The van der Waals surface area contributed by atoms with E-state index >= 15 is 0 Å². The minimum Gasteiger partial charge on any atom is -0.496 e. The number of imidazole rings is 1. The molecule has 1 aliphatic heterocycles. The van der Waals surface area contributed by atoms with E-state index in [1.54, 1.807) is 20.3 Å². The van der Waals surface area contributed by atoms with Crippen LogP contribution in [0.2, 0.25) is 0 Å². The quantitative estimate of drug-likeness (QED) is 0.304. The topological polar surface area (TPSA) is 83.6 Å². The minimum atomic E-state index is -0.367. The molecule has 1 unspecified atom stereocenters. The minimum absolute atomic E-state index is 0.168. The first-order chi connectivity index (χ1) is 17.6. The molecule has 0 saturated carbocycles. The summed E-state index contributed by atoms with van der Waals surface area (Å²) in [7, 11) is 3.24. The molecule has 0 aliphatic carbocycles.